The van der Waals surface area contributed by atoms with Gasteiger partial charge in [-0.05, 0) is 37.7 Å². The number of fused-ring (bicyclic) bond motifs is 1. The highest BCUT2D eigenvalue weighted by atomic mass is 35.5. The molecule has 35 heavy (non-hydrogen) atoms. The average Bonchev–Trinajstić information content (AvgIpc) is 2.86. The molecule has 1 aliphatic heterocycles. The van der Waals surface area contributed by atoms with Crippen LogP contribution in [0.3, 0.4) is 0 Å². The molecular formula is C25H31ClN6O3. The van der Waals surface area contributed by atoms with Gasteiger partial charge in [-0.15, -0.1) is 0 Å². The van der Waals surface area contributed by atoms with E-state index < -0.39 is 0 Å². The Morgan fingerprint density at radius 2 is 2.03 bits per heavy atom. The van der Waals surface area contributed by atoms with Crippen molar-refractivity contribution >= 4 is 45.7 Å². The first-order valence-electron chi connectivity index (χ1n) is 11.8. The van der Waals surface area contributed by atoms with Crippen LogP contribution in [0.15, 0.2) is 35.3 Å². The predicted molar refractivity (Wildman–Crippen MR) is 139 cm³/mol. The van der Waals surface area contributed by atoms with Crippen molar-refractivity contribution in [2.45, 2.75) is 32.7 Å². The van der Waals surface area contributed by atoms with Crippen molar-refractivity contribution in [1.82, 2.24) is 19.4 Å². The van der Waals surface area contributed by atoms with Gasteiger partial charge in [-0.1, -0.05) is 25.4 Å². The summed E-state index contributed by atoms with van der Waals surface area (Å²) in [5, 5.41) is 4.49. The number of nitrogens with zero attached hydrogens (tertiary/aromatic N) is 5. The number of aryl methyl sites for hydroxylation is 1. The molecule has 4 rings (SSSR count). The highest BCUT2D eigenvalue weighted by Crippen LogP contribution is 2.28. The highest BCUT2D eigenvalue weighted by molar-refractivity contribution is 6.32. The van der Waals surface area contributed by atoms with Crippen LogP contribution in [0.25, 0.3) is 10.9 Å². The van der Waals surface area contributed by atoms with E-state index in [9.17, 15) is 9.59 Å². The number of carbonyl (C=O) groups is 1. The summed E-state index contributed by atoms with van der Waals surface area (Å²) in [6.45, 7) is 6.49. The number of halogens is 1. The summed E-state index contributed by atoms with van der Waals surface area (Å²) in [6.07, 6.45) is 3.04. The number of hydrogen-bond donors (Lipinski definition) is 1. The SMILES string of the molecule is CCC(=O)COc1cc2cc(Nc3nc(N4CCN(C)C(CC)C4)ncc3Cl)ccc2n(C)c1=O. The number of ether oxygens (including phenoxy) is 1. The molecule has 10 heteroatoms. The fourth-order valence-corrected chi connectivity index (χ4v) is 4.34. The van der Waals surface area contributed by atoms with Crippen LogP contribution >= 0.6 is 11.6 Å². The average molecular weight is 499 g/mol. The Hall–Kier alpha value is -3.17. The fourth-order valence-electron chi connectivity index (χ4n) is 4.20. The zero-order valence-electron chi connectivity index (χ0n) is 20.5. The topological polar surface area (TPSA) is 92.6 Å². The molecular weight excluding hydrogens is 468 g/mol. The number of Topliss-reactive ketones (excluding diaryl/α,β-unsaturated/α-hetero) is 1. The maximum absolute atomic E-state index is 12.6. The Bertz CT molecular complexity index is 1290. The number of hydrogen-bond acceptors (Lipinski definition) is 8. The second-order valence-electron chi connectivity index (χ2n) is 8.81. The number of carbonyl (C=O) groups excluding carboxylic acids is 1. The second kappa shape index (κ2) is 10.6. The van der Waals surface area contributed by atoms with Crippen molar-refractivity contribution in [3.63, 3.8) is 0 Å². The van der Waals surface area contributed by atoms with Gasteiger partial charge in [0.25, 0.3) is 5.56 Å². The van der Waals surface area contributed by atoms with E-state index in [1.54, 1.807) is 26.2 Å². The first-order valence-corrected chi connectivity index (χ1v) is 12.2. The molecule has 1 N–H and O–H groups in total. The summed E-state index contributed by atoms with van der Waals surface area (Å²) >= 11 is 6.43. The van der Waals surface area contributed by atoms with Gasteiger partial charge in [0.2, 0.25) is 5.95 Å². The van der Waals surface area contributed by atoms with Crippen LogP contribution in [0.2, 0.25) is 5.02 Å². The molecule has 1 atom stereocenters. The summed E-state index contributed by atoms with van der Waals surface area (Å²) in [5.41, 5.74) is 1.21. The molecule has 1 aliphatic rings. The molecule has 0 radical (unpaired) electrons. The molecule has 3 heterocycles. The lowest BCUT2D eigenvalue weighted by Gasteiger charge is -2.39. The zero-order chi connectivity index (χ0) is 25.1. The molecule has 9 nitrogen and oxygen atoms in total. The van der Waals surface area contributed by atoms with E-state index in [1.165, 1.54) is 4.57 Å². The summed E-state index contributed by atoms with van der Waals surface area (Å²) in [5.74, 6) is 1.23. The lowest BCUT2D eigenvalue weighted by molar-refractivity contribution is -0.120. The number of likely N-dealkylation sites (N-methyl/N-ethyl adjacent to an activating group) is 1. The van der Waals surface area contributed by atoms with Crippen LogP contribution in [-0.2, 0) is 11.8 Å². The number of aromatic nitrogens is 3. The Balaban J connectivity index is 1.60. The lowest BCUT2D eigenvalue weighted by Crippen LogP contribution is -2.51. The van der Waals surface area contributed by atoms with Gasteiger partial charge in [0.15, 0.2) is 17.4 Å². The van der Waals surface area contributed by atoms with E-state index in [4.69, 9.17) is 21.3 Å². The van der Waals surface area contributed by atoms with E-state index in [1.807, 2.05) is 18.2 Å². The Morgan fingerprint density at radius 3 is 2.77 bits per heavy atom. The van der Waals surface area contributed by atoms with Crippen LogP contribution in [-0.4, -0.2) is 64.5 Å². The third kappa shape index (κ3) is 5.41. The maximum atomic E-state index is 12.6. The van der Waals surface area contributed by atoms with Gasteiger partial charge in [-0.2, -0.15) is 4.98 Å². The monoisotopic (exact) mass is 498 g/mol. The van der Waals surface area contributed by atoms with Gasteiger partial charge in [-0.25, -0.2) is 4.98 Å². The lowest BCUT2D eigenvalue weighted by atomic mass is 10.1. The Morgan fingerprint density at radius 1 is 1.23 bits per heavy atom. The molecule has 1 unspecified atom stereocenters. The summed E-state index contributed by atoms with van der Waals surface area (Å²) in [6, 6.07) is 7.72. The summed E-state index contributed by atoms with van der Waals surface area (Å²) < 4.78 is 7.02. The molecule has 0 amide bonds. The van der Waals surface area contributed by atoms with E-state index in [2.05, 4.69) is 34.1 Å². The van der Waals surface area contributed by atoms with Crippen LogP contribution in [0.4, 0.5) is 17.5 Å². The number of ketones is 1. The second-order valence-corrected chi connectivity index (χ2v) is 9.21. The van der Waals surface area contributed by atoms with Crippen LogP contribution < -0.4 is 20.5 Å². The van der Waals surface area contributed by atoms with Crippen molar-refractivity contribution in [1.29, 1.82) is 0 Å². The van der Waals surface area contributed by atoms with Crippen molar-refractivity contribution in [3.8, 4) is 5.75 Å². The molecule has 3 aromatic rings. The minimum atomic E-state index is -0.289. The van der Waals surface area contributed by atoms with Gasteiger partial charge in [0.1, 0.15) is 11.6 Å². The molecule has 1 saturated heterocycles. The number of piperazine rings is 1. The fraction of sp³-hybridized carbons (Fsp3) is 0.440. The molecule has 0 spiro atoms. The van der Waals surface area contributed by atoms with Gasteiger partial charge in [0.05, 0.1) is 11.7 Å². The summed E-state index contributed by atoms with van der Waals surface area (Å²) in [4.78, 5) is 38.0. The molecule has 1 fully saturated rings. The quantitative estimate of drug-likeness (QED) is 0.503. The van der Waals surface area contributed by atoms with E-state index in [0.717, 1.165) is 42.6 Å². The number of benzene rings is 1. The smallest absolute Gasteiger partial charge is 0.293 e. The van der Waals surface area contributed by atoms with Crippen molar-refractivity contribution in [2.24, 2.45) is 7.05 Å². The number of pyridine rings is 1. The third-order valence-corrected chi connectivity index (χ3v) is 6.78. The Labute approximate surface area is 209 Å². The molecule has 0 bridgehead atoms. The van der Waals surface area contributed by atoms with Gasteiger partial charge in [0, 0.05) is 50.2 Å². The molecule has 186 valence electrons. The van der Waals surface area contributed by atoms with E-state index in [0.29, 0.717) is 29.3 Å². The van der Waals surface area contributed by atoms with Crippen LogP contribution in [0.1, 0.15) is 26.7 Å². The number of rotatable bonds is 8. The highest BCUT2D eigenvalue weighted by Gasteiger charge is 2.25. The molecule has 0 aliphatic carbocycles. The van der Waals surface area contributed by atoms with Crippen molar-refractivity contribution in [2.75, 3.05) is 43.5 Å². The largest absolute Gasteiger partial charge is 0.480 e. The standard InChI is InChI=1S/C25H31ClN6O3/c1-5-18-14-32(10-9-30(18)3)25-27-13-20(26)23(29-25)28-17-7-8-21-16(11-17)12-22(24(34)31(21)4)35-15-19(33)6-2/h7-8,11-13,18H,5-6,9-10,14-15H2,1-4H3,(H,27,28,29). The van der Waals surface area contributed by atoms with E-state index in [-0.39, 0.29) is 23.7 Å². The van der Waals surface area contributed by atoms with E-state index >= 15 is 0 Å². The molecule has 0 saturated carbocycles. The molecule has 1 aromatic carbocycles. The van der Waals surface area contributed by atoms with Crippen LogP contribution in [0.5, 0.6) is 5.75 Å². The van der Waals surface area contributed by atoms with Crippen LogP contribution in [0, 0.1) is 0 Å². The summed E-state index contributed by atoms with van der Waals surface area (Å²) in [7, 11) is 3.83. The van der Waals surface area contributed by atoms with Crippen molar-refractivity contribution in [3.05, 3.63) is 45.8 Å². The third-order valence-electron chi connectivity index (χ3n) is 6.50. The molecule has 2 aromatic heterocycles. The van der Waals surface area contributed by atoms with Gasteiger partial charge < -0.3 is 19.5 Å². The minimum absolute atomic E-state index is 0.0672. The van der Waals surface area contributed by atoms with Gasteiger partial charge >= 0.3 is 0 Å². The zero-order valence-corrected chi connectivity index (χ0v) is 21.3. The first-order chi connectivity index (χ1) is 16.8. The van der Waals surface area contributed by atoms with Gasteiger partial charge in [-0.3, -0.25) is 14.5 Å². The minimum Gasteiger partial charge on any atom is -0.480 e. The first kappa shape index (κ1) is 24.9. The Kier molecular flexibility index (Phi) is 7.57. The number of nitrogens with one attached hydrogen (secondary N) is 1. The predicted octanol–water partition coefficient (Wildman–Crippen LogP) is 3.61. The van der Waals surface area contributed by atoms with Crippen molar-refractivity contribution < 1.29 is 9.53 Å². The maximum Gasteiger partial charge on any atom is 0.293 e. The number of anilines is 3. The normalized spacial score (nSPS) is 16.5.